The number of nitrogens with one attached hydrogen (secondary N) is 1. The molecule has 0 saturated heterocycles. The van der Waals surface area contributed by atoms with Crippen LogP contribution in [0.2, 0.25) is 0 Å². The van der Waals surface area contributed by atoms with Crippen molar-refractivity contribution in [2.24, 2.45) is 11.8 Å². The number of ether oxygens (including phenoxy) is 1. The molecule has 0 bridgehead atoms. The van der Waals surface area contributed by atoms with E-state index in [4.69, 9.17) is 4.74 Å². The van der Waals surface area contributed by atoms with Gasteiger partial charge in [-0.3, -0.25) is 4.79 Å². The van der Waals surface area contributed by atoms with Crippen LogP contribution >= 0.6 is 0 Å². The van der Waals surface area contributed by atoms with Gasteiger partial charge in [0.05, 0.1) is 5.92 Å². The normalized spacial score (nSPS) is 18.1. The van der Waals surface area contributed by atoms with Gasteiger partial charge < -0.3 is 15.2 Å². The van der Waals surface area contributed by atoms with Gasteiger partial charge >= 0.3 is 12.1 Å². The number of hydrogen-bond donors (Lipinski definition) is 2. The van der Waals surface area contributed by atoms with E-state index in [0.717, 1.165) is 25.7 Å². The van der Waals surface area contributed by atoms with Crippen molar-refractivity contribution in [3.8, 4) is 0 Å². The number of carboxylic acids is 1. The van der Waals surface area contributed by atoms with Gasteiger partial charge in [0, 0.05) is 6.54 Å². The lowest BCUT2D eigenvalue weighted by Gasteiger charge is -2.22. The molecule has 1 atom stereocenters. The Labute approximate surface area is 114 Å². The molecular weight excluding hydrogens is 246 g/mol. The first kappa shape index (κ1) is 15.5. The third-order valence-corrected chi connectivity index (χ3v) is 3.58. The number of aliphatic carboxylic acids is 1. The summed E-state index contributed by atoms with van der Waals surface area (Å²) in [5.41, 5.74) is 0. The molecule has 1 rings (SSSR count). The molecule has 0 aromatic carbocycles. The van der Waals surface area contributed by atoms with Crippen LogP contribution < -0.4 is 5.32 Å². The van der Waals surface area contributed by atoms with Crippen LogP contribution in [-0.4, -0.2) is 30.3 Å². The minimum absolute atomic E-state index is 0.132. The Kier molecular flexibility index (Phi) is 7.00. The van der Waals surface area contributed by atoms with Crippen LogP contribution in [0.1, 0.15) is 38.5 Å². The van der Waals surface area contributed by atoms with E-state index in [1.807, 2.05) is 0 Å². The SMILES string of the molecule is C=CCOC(=O)NCC(C(=O)O)C1CCCCCC1. The molecule has 5 nitrogen and oxygen atoms in total. The molecule has 0 radical (unpaired) electrons. The summed E-state index contributed by atoms with van der Waals surface area (Å²) < 4.78 is 4.77. The van der Waals surface area contributed by atoms with Gasteiger partial charge in [-0.2, -0.15) is 0 Å². The van der Waals surface area contributed by atoms with Gasteiger partial charge in [0.2, 0.25) is 0 Å². The molecule has 0 spiro atoms. The molecule has 5 heteroatoms. The van der Waals surface area contributed by atoms with Gasteiger partial charge in [-0.15, -0.1) is 0 Å². The molecule has 0 aromatic heterocycles. The maximum atomic E-state index is 11.3. The monoisotopic (exact) mass is 269 g/mol. The Morgan fingerprint density at radius 2 is 1.95 bits per heavy atom. The number of carbonyl (C=O) groups is 2. The van der Waals surface area contributed by atoms with Gasteiger partial charge in [-0.05, 0) is 18.8 Å². The highest BCUT2D eigenvalue weighted by Crippen LogP contribution is 2.29. The van der Waals surface area contributed by atoms with E-state index in [2.05, 4.69) is 11.9 Å². The second kappa shape index (κ2) is 8.56. The largest absolute Gasteiger partial charge is 0.481 e. The highest BCUT2D eigenvalue weighted by Gasteiger charge is 2.29. The predicted molar refractivity (Wildman–Crippen MR) is 71.9 cm³/mol. The Morgan fingerprint density at radius 3 is 2.47 bits per heavy atom. The number of carboxylic acid groups (broad SMARTS) is 1. The number of rotatable bonds is 6. The standard InChI is InChI=1S/C14H23NO4/c1-2-9-19-14(18)15-10-12(13(16)17)11-7-5-3-4-6-8-11/h2,11-12H,1,3-10H2,(H,15,18)(H,16,17). The van der Waals surface area contributed by atoms with Crippen LogP contribution in [0.25, 0.3) is 0 Å². The molecule has 1 amide bonds. The van der Waals surface area contributed by atoms with Gasteiger partial charge in [-0.1, -0.05) is 38.3 Å². The molecular formula is C14H23NO4. The van der Waals surface area contributed by atoms with Gasteiger partial charge in [0.1, 0.15) is 6.61 Å². The molecule has 19 heavy (non-hydrogen) atoms. The molecule has 1 aliphatic rings. The van der Waals surface area contributed by atoms with E-state index in [1.54, 1.807) is 0 Å². The maximum Gasteiger partial charge on any atom is 0.407 e. The summed E-state index contributed by atoms with van der Waals surface area (Å²) in [6.45, 7) is 3.71. The average molecular weight is 269 g/mol. The minimum atomic E-state index is -0.837. The molecule has 1 unspecified atom stereocenters. The van der Waals surface area contributed by atoms with Crippen molar-refractivity contribution in [3.63, 3.8) is 0 Å². The van der Waals surface area contributed by atoms with Crippen LogP contribution in [0.3, 0.4) is 0 Å². The molecule has 1 fully saturated rings. The summed E-state index contributed by atoms with van der Waals surface area (Å²) in [4.78, 5) is 22.6. The summed E-state index contributed by atoms with van der Waals surface area (Å²) in [6, 6.07) is 0. The summed E-state index contributed by atoms with van der Waals surface area (Å²) in [6.07, 6.45) is 7.26. The topological polar surface area (TPSA) is 75.6 Å². The van der Waals surface area contributed by atoms with Crippen molar-refractivity contribution in [2.45, 2.75) is 38.5 Å². The smallest absolute Gasteiger partial charge is 0.407 e. The zero-order valence-electron chi connectivity index (χ0n) is 11.3. The number of hydrogen-bond acceptors (Lipinski definition) is 3. The van der Waals surface area contributed by atoms with E-state index in [9.17, 15) is 14.7 Å². The first-order valence-electron chi connectivity index (χ1n) is 6.89. The second-order valence-corrected chi connectivity index (χ2v) is 4.96. The van der Waals surface area contributed by atoms with Crippen LogP contribution in [-0.2, 0) is 9.53 Å². The molecule has 1 aliphatic carbocycles. The summed E-state index contributed by atoms with van der Waals surface area (Å²) in [5.74, 6) is -1.20. The van der Waals surface area contributed by atoms with Crippen molar-refractivity contribution in [1.82, 2.24) is 5.32 Å². The van der Waals surface area contributed by atoms with Crippen molar-refractivity contribution in [2.75, 3.05) is 13.2 Å². The highest BCUT2D eigenvalue weighted by atomic mass is 16.5. The van der Waals surface area contributed by atoms with Crippen LogP contribution in [0.5, 0.6) is 0 Å². The van der Waals surface area contributed by atoms with Crippen molar-refractivity contribution in [1.29, 1.82) is 0 Å². The van der Waals surface area contributed by atoms with E-state index < -0.39 is 18.0 Å². The quantitative estimate of drug-likeness (QED) is 0.574. The van der Waals surface area contributed by atoms with Crippen molar-refractivity contribution >= 4 is 12.1 Å². The van der Waals surface area contributed by atoms with Crippen molar-refractivity contribution in [3.05, 3.63) is 12.7 Å². The molecule has 0 aromatic rings. The highest BCUT2D eigenvalue weighted by molar-refractivity contribution is 5.72. The molecule has 2 N–H and O–H groups in total. The molecule has 1 saturated carbocycles. The van der Waals surface area contributed by atoms with Gasteiger partial charge in [0.25, 0.3) is 0 Å². The third-order valence-electron chi connectivity index (χ3n) is 3.58. The third kappa shape index (κ3) is 5.77. The van der Waals surface area contributed by atoms with Crippen LogP contribution in [0.15, 0.2) is 12.7 Å². The Morgan fingerprint density at radius 1 is 1.32 bits per heavy atom. The maximum absolute atomic E-state index is 11.3. The van der Waals surface area contributed by atoms with Crippen LogP contribution in [0.4, 0.5) is 4.79 Å². The predicted octanol–water partition coefficient (Wildman–Crippen LogP) is 2.57. The summed E-state index contributed by atoms with van der Waals surface area (Å²) >= 11 is 0. The second-order valence-electron chi connectivity index (χ2n) is 4.96. The van der Waals surface area contributed by atoms with E-state index >= 15 is 0 Å². The zero-order valence-corrected chi connectivity index (χ0v) is 11.3. The van der Waals surface area contributed by atoms with Crippen molar-refractivity contribution < 1.29 is 19.4 Å². The number of amides is 1. The van der Waals surface area contributed by atoms with E-state index in [-0.39, 0.29) is 19.1 Å². The lowest BCUT2D eigenvalue weighted by molar-refractivity contribution is -0.143. The Balaban J connectivity index is 2.45. The fourth-order valence-electron chi connectivity index (χ4n) is 2.55. The minimum Gasteiger partial charge on any atom is -0.481 e. The Hall–Kier alpha value is -1.52. The summed E-state index contributed by atoms with van der Waals surface area (Å²) in [5, 5.41) is 11.8. The summed E-state index contributed by atoms with van der Waals surface area (Å²) in [7, 11) is 0. The number of alkyl carbamates (subject to hydrolysis) is 1. The fraction of sp³-hybridized carbons (Fsp3) is 0.714. The lowest BCUT2D eigenvalue weighted by Crippen LogP contribution is -2.37. The van der Waals surface area contributed by atoms with E-state index in [1.165, 1.54) is 18.9 Å². The Bertz CT molecular complexity index is 309. The average Bonchev–Trinajstić information content (AvgIpc) is 2.65. The number of carbonyl (C=O) groups excluding carboxylic acids is 1. The fourth-order valence-corrected chi connectivity index (χ4v) is 2.55. The zero-order chi connectivity index (χ0) is 14.1. The van der Waals surface area contributed by atoms with Gasteiger partial charge in [-0.25, -0.2) is 4.79 Å². The van der Waals surface area contributed by atoms with Gasteiger partial charge in [0.15, 0.2) is 0 Å². The molecule has 108 valence electrons. The first-order valence-corrected chi connectivity index (χ1v) is 6.89. The van der Waals surface area contributed by atoms with Crippen LogP contribution in [0, 0.1) is 11.8 Å². The molecule has 0 aliphatic heterocycles. The first-order chi connectivity index (χ1) is 9.15. The molecule has 0 heterocycles. The van der Waals surface area contributed by atoms with E-state index in [0.29, 0.717) is 0 Å². The lowest BCUT2D eigenvalue weighted by atomic mass is 9.86.